The highest BCUT2D eigenvalue weighted by atomic mass is 16.2. The fraction of sp³-hybridized carbons (Fsp3) is 0.467. The minimum Gasteiger partial charge on any atom is -0.378 e. The highest BCUT2D eigenvalue weighted by Gasteiger charge is 2.32. The van der Waals surface area contributed by atoms with E-state index in [1.165, 1.54) is 6.92 Å². The van der Waals surface area contributed by atoms with Gasteiger partial charge in [-0.15, -0.1) is 0 Å². The van der Waals surface area contributed by atoms with Crippen LogP contribution in [0, 0.1) is 0 Å². The molecule has 0 aromatic heterocycles. The minimum atomic E-state index is -0.332. The lowest BCUT2D eigenvalue weighted by Crippen LogP contribution is -2.42. The van der Waals surface area contributed by atoms with Gasteiger partial charge in [0.15, 0.2) is 0 Å². The number of nitrogens with zero attached hydrogens (tertiary/aromatic N) is 2. The molecule has 5 heteroatoms. The molecule has 0 radical (unpaired) electrons. The maximum absolute atomic E-state index is 12.2. The van der Waals surface area contributed by atoms with Crippen molar-refractivity contribution in [3.63, 3.8) is 0 Å². The van der Waals surface area contributed by atoms with E-state index in [1.807, 2.05) is 43.3 Å². The second-order valence-corrected chi connectivity index (χ2v) is 5.30. The van der Waals surface area contributed by atoms with Crippen LogP contribution in [0.5, 0.6) is 0 Å². The molecule has 20 heavy (non-hydrogen) atoms. The molecule has 1 aromatic carbocycles. The smallest absolute Gasteiger partial charge is 0.247 e. The van der Waals surface area contributed by atoms with E-state index in [0.717, 1.165) is 24.2 Å². The summed E-state index contributed by atoms with van der Waals surface area (Å²) in [5, 5.41) is 2.88. The van der Waals surface area contributed by atoms with Gasteiger partial charge in [0.05, 0.1) is 0 Å². The first kappa shape index (κ1) is 14.4. The number of benzene rings is 1. The molecule has 0 aliphatic carbocycles. The summed E-state index contributed by atoms with van der Waals surface area (Å²) in [6, 6.07) is 7.32. The summed E-state index contributed by atoms with van der Waals surface area (Å²) < 4.78 is 0. The maximum Gasteiger partial charge on any atom is 0.247 e. The molecule has 1 saturated heterocycles. The molecule has 0 spiro atoms. The molecule has 0 saturated carbocycles. The molecule has 2 amide bonds. The molecule has 0 bridgehead atoms. The van der Waals surface area contributed by atoms with Crippen LogP contribution in [0.4, 0.5) is 11.4 Å². The summed E-state index contributed by atoms with van der Waals surface area (Å²) >= 11 is 0. The van der Waals surface area contributed by atoms with E-state index < -0.39 is 0 Å². The number of anilines is 2. The highest BCUT2D eigenvalue weighted by Crippen LogP contribution is 2.20. The highest BCUT2D eigenvalue weighted by molar-refractivity contribution is 5.97. The molecule has 1 aliphatic heterocycles. The molecular formula is C15H21N3O2. The van der Waals surface area contributed by atoms with Crippen molar-refractivity contribution in [3.8, 4) is 0 Å². The van der Waals surface area contributed by atoms with Crippen LogP contribution in [-0.4, -0.2) is 43.4 Å². The third-order valence-electron chi connectivity index (χ3n) is 3.61. The van der Waals surface area contributed by atoms with E-state index in [2.05, 4.69) is 5.32 Å². The number of likely N-dealkylation sites (tertiary alicyclic amines) is 1. The number of amides is 2. The van der Waals surface area contributed by atoms with Crippen LogP contribution < -0.4 is 10.2 Å². The summed E-state index contributed by atoms with van der Waals surface area (Å²) in [5.41, 5.74) is 1.84. The maximum atomic E-state index is 12.2. The van der Waals surface area contributed by atoms with Crippen molar-refractivity contribution in [2.75, 3.05) is 30.9 Å². The summed E-state index contributed by atoms with van der Waals surface area (Å²) in [4.78, 5) is 27.3. The van der Waals surface area contributed by atoms with Gasteiger partial charge >= 0.3 is 0 Å². The fourth-order valence-electron chi connectivity index (χ4n) is 2.48. The Morgan fingerprint density at radius 2 is 1.90 bits per heavy atom. The Morgan fingerprint density at radius 3 is 2.45 bits per heavy atom. The van der Waals surface area contributed by atoms with Crippen LogP contribution >= 0.6 is 0 Å². The molecule has 5 nitrogen and oxygen atoms in total. The van der Waals surface area contributed by atoms with Gasteiger partial charge in [-0.05, 0) is 37.1 Å². The third kappa shape index (κ3) is 3.10. The summed E-state index contributed by atoms with van der Waals surface area (Å²) in [6.07, 6.45) is 1.62. The molecule has 1 heterocycles. The van der Waals surface area contributed by atoms with Gasteiger partial charge in [0.2, 0.25) is 11.8 Å². The molecular weight excluding hydrogens is 254 g/mol. The molecule has 1 fully saturated rings. The molecule has 108 valence electrons. The van der Waals surface area contributed by atoms with Crippen LogP contribution in [-0.2, 0) is 9.59 Å². The van der Waals surface area contributed by atoms with Gasteiger partial charge in [0, 0.05) is 38.9 Å². The minimum absolute atomic E-state index is 0.0365. The topological polar surface area (TPSA) is 52.7 Å². The van der Waals surface area contributed by atoms with E-state index in [1.54, 1.807) is 4.90 Å². The van der Waals surface area contributed by atoms with Crippen molar-refractivity contribution in [1.29, 1.82) is 0 Å². The number of carbonyl (C=O) groups is 2. The van der Waals surface area contributed by atoms with Crippen LogP contribution in [0.1, 0.15) is 19.8 Å². The number of hydrogen-bond acceptors (Lipinski definition) is 3. The summed E-state index contributed by atoms with van der Waals surface area (Å²) in [6.45, 7) is 2.18. The molecule has 1 unspecified atom stereocenters. The molecule has 1 atom stereocenters. The van der Waals surface area contributed by atoms with E-state index in [-0.39, 0.29) is 17.9 Å². The van der Waals surface area contributed by atoms with Crippen molar-refractivity contribution < 1.29 is 9.59 Å². The van der Waals surface area contributed by atoms with Crippen molar-refractivity contribution >= 4 is 23.2 Å². The zero-order valence-corrected chi connectivity index (χ0v) is 12.2. The molecule has 1 aliphatic rings. The van der Waals surface area contributed by atoms with E-state index in [4.69, 9.17) is 0 Å². The van der Waals surface area contributed by atoms with Gasteiger partial charge < -0.3 is 15.1 Å². The van der Waals surface area contributed by atoms with Crippen molar-refractivity contribution in [2.24, 2.45) is 0 Å². The lowest BCUT2D eigenvalue weighted by atomic mass is 10.2. The van der Waals surface area contributed by atoms with E-state index in [0.29, 0.717) is 6.54 Å². The van der Waals surface area contributed by atoms with Crippen molar-refractivity contribution in [3.05, 3.63) is 24.3 Å². The van der Waals surface area contributed by atoms with Gasteiger partial charge in [-0.2, -0.15) is 0 Å². The van der Waals surface area contributed by atoms with Gasteiger partial charge in [-0.1, -0.05) is 0 Å². The van der Waals surface area contributed by atoms with E-state index >= 15 is 0 Å². The second kappa shape index (κ2) is 5.94. The van der Waals surface area contributed by atoms with Crippen molar-refractivity contribution in [2.45, 2.75) is 25.8 Å². The Balaban J connectivity index is 2.02. The Labute approximate surface area is 119 Å². The zero-order valence-electron chi connectivity index (χ0n) is 12.2. The van der Waals surface area contributed by atoms with Gasteiger partial charge in [0.1, 0.15) is 6.04 Å². The Hall–Kier alpha value is -2.04. The standard InChI is InChI=1S/C15H21N3O2/c1-11(19)18-10-4-5-14(18)15(20)16-12-6-8-13(9-7-12)17(2)3/h6-9,14H,4-5,10H2,1-3H3,(H,16,20). The van der Waals surface area contributed by atoms with Crippen LogP contribution in [0.2, 0.25) is 0 Å². The number of rotatable bonds is 3. The number of nitrogens with one attached hydrogen (secondary N) is 1. The van der Waals surface area contributed by atoms with Gasteiger partial charge in [-0.25, -0.2) is 0 Å². The van der Waals surface area contributed by atoms with Crippen LogP contribution in [0.15, 0.2) is 24.3 Å². The monoisotopic (exact) mass is 275 g/mol. The Kier molecular flexibility index (Phi) is 4.27. The largest absolute Gasteiger partial charge is 0.378 e. The van der Waals surface area contributed by atoms with Gasteiger partial charge in [-0.3, -0.25) is 9.59 Å². The first-order valence-electron chi connectivity index (χ1n) is 6.84. The fourth-order valence-corrected chi connectivity index (χ4v) is 2.48. The van der Waals surface area contributed by atoms with Crippen LogP contribution in [0.25, 0.3) is 0 Å². The molecule has 1 aromatic rings. The van der Waals surface area contributed by atoms with E-state index in [9.17, 15) is 9.59 Å². The van der Waals surface area contributed by atoms with Crippen molar-refractivity contribution in [1.82, 2.24) is 4.90 Å². The lowest BCUT2D eigenvalue weighted by molar-refractivity contribution is -0.134. The predicted molar refractivity (Wildman–Crippen MR) is 79.8 cm³/mol. The predicted octanol–water partition coefficient (Wildman–Crippen LogP) is 1.70. The van der Waals surface area contributed by atoms with Gasteiger partial charge in [0.25, 0.3) is 0 Å². The Morgan fingerprint density at radius 1 is 1.25 bits per heavy atom. The average Bonchev–Trinajstić information content (AvgIpc) is 2.88. The summed E-state index contributed by atoms with van der Waals surface area (Å²) in [7, 11) is 3.94. The summed E-state index contributed by atoms with van der Waals surface area (Å²) in [5.74, 6) is -0.138. The third-order valence-corrected chi connectivity index (χ3v) is 3.61. The SMILES string of the molecule is CC(=O)N1CCCC1C(=O)Nc1ccc(N(C)C)cc1. The first-order valence-corrected chi connectivity index (χ1v) is 6.84. The lowest BCUT2D eigenvalue weighted by Gasteiger charge is -2.22. The normalized spacial score (nSPS) is 17.9. The van der Waals surface area contributed by atoms with Crippen LogP contribution in [0.3, 0.4) is 0 Å². The average molecular weight is 275 g/mol. The second-order valence-electron chi connectivity index (χ2n) is 5.30. The molecule has 2 rings (SSSR count). The zero-order chi connectivity index (χ0) is 14.7. The first-order chi connectivity index (χ1) is 9.49. The Bertz CT molecular complexity index is 496. The quantitative estimate of drug-likeness (QED) is 0.913. The number of hydrogen-bond donors (Lipinski definition) is 1. The molecule has 1 N–H and O–H groups in total. The number of carbonyl (C=O) groups excluding carboxylic acids is 2.